The van der Waals surface area contributed by atoms with E-state index in [2.05, 4.69) is 10.6 Å². The van der Waals surface area contributed by atoms with Crippen LogP contribution in [0.3, 0.4) is 0 Å². The summed E-state index contributed by atoms with van der Waals surface area (Å²) >= 11 is 1.34. The van der Waals surface area contributed by atoms with Crippen LogP contribution < -0.4 is 10.6 Å². The van der Waals surface area contributed by atoms with Gasteiger partial charge in [0.25, 0.3) is 0 Å². The van der Waals surface area contributed by atoms with Crippen molar-refractivity contribution in [1.82, 2.24) is 10.6 Å². The monoisotopic (exact) mass is 416 g/mol. The zero-order valence-electron chi connectivity index (χ0n) is 16.1. The van der Waals surface area contributed by atoms with Gasteiger partial charge in [-0.3, -0.25) is 4.79 Å². The highest BCUT2D eigenvalue weighted by molar-refractivity contribution is 7.14. The number of ketones is 1. The summed E-state index contributed by atoms with van der Waals surface area (Å²) in [5, 5.41) is 5.93. The maximum atomic E-state index is 12.6. The first-order valence-electron chi connectivity index (χ1n) is 9.52. The fourth-order valence-electron chi connectivity index (χ4n) is 3.12. The van der Waals surface area contributed by atoms with Crippen LogP contribution in [0.15, 0.2) is 95.6 Å². The van der Waals surface area contributed by atoms with Gasteiger partial charge in [-0.15, -0.1) is 11.3 Å². The number of nitrogens with one attached hydrogen (secondary N) is 2. The van der Waals surface area contributed by atoms with E-state index in [1.54, 1.807) is 18.2 Å². The molecule has 0 bridgehead atoms. The van der Waals surface area contributed by atoms with Gasteiger partial charge in [-0.2, -0.15) is 0 Å². The fourth-order valence-corrected chi connectivity index (χ4v) is 4.02. The number of hydrogen-bond donors (Lipinski definition) is 2. The van der Waals surface area contributed by atoms with E-state index in [1.807, 2.05) is 66.7 Å². The van der Waals surface area contributed by atoms with E-state index in [4.69, 9.17) is 4.42 Å². The summed E-state index contributed by atoms with van der Waals surface area (Å²) < 4.78 is 5.16. The van der Waals surface area contributed by atoms with E-state index in [0.717, 1.165) is 16.0 Å². The number of benzene rings is 2. The van der Waals surface area contributed by atoms with Crippen LogP contribution >= 0.6 is 11.3 Å². The standard InChI is InChI=1S/C24H20N2O3S/c27-23(20-12-7-15-29-20)21-14-13-19(30-21)16-25-24(28)26-22(17-8-3-1-4-9-17)18-10-5-2-6-11-18/h1-15,22H,16H2,(H2,25,26,28). The molecule has 0 unspecified atom stereocenters. The summed E-state index contributed by atoms with van der Waals surface area (Å²) in [6.07, 6.45) is 1.48. The van der Waals surface area contributed by atoms with Gasteiger partial charge in [0, 0.05) is 4.88 Å². The quantitative estimate of drug-likeness (QED) is 0.409. The number of thiophene rings is 1. The van der Waals surface area contributed by atoms with Crippen LogP contribution in [-0.4, -0.2) is 11.8 Å². The summed E-state index contributed by atoms with van der Waals surface area (Å²) in [6, 6.07) is 26.0. The van der Waals surface area contributed by atoms with Gasteiger partial charge in [-0.05, 0) is 35.4 Å². The van der Waals surface area contributed by atoms with Gasteiger partial charge < -0.3 is 15.1 Å². The number of carbonyl (C=O) groups excluding carboxylic acids is 2. The van der Waals surface area contributed by atoms with E-state index in [1.165, 1.54) is 17.6 Å². The van der Waals surface area contributed by atoms with E-state index < -0.39 is 0 Å². The highest BCUT2D eigenvalue weighted by Gasteiger charge is 2.17. The molecular formula is C24H20N2O3S. The normalized spacial score (nSPS) is 10.7. The van der Waals surface area contributed by atoms with Gasteiger partial charge in [0.2, 0.25) is 5.78 Å². The van der Waals surface area contributed by atoms with Crippen LogP contribution in [0, 0.1) is 0 Å². The lowest BCUT2D eigenvalue weighted by atomic mass is 9.99. The molecule has 0 spiro atoms. The van der Waals surface area contributed by atoms with Gasteiger partial charge in [0.1, 0.15) is 0 Å². The molecule has 4 aromatic rings. The second-order valence-electron chi connectivity index (χ2n) is 6.65. The van der Waals surface area contributed by atoms with Crippen LogP contribution in [0.25, 0.3) is 0 Å². The number of furan rings is 1. The molecule has 150 valence electrons. The Morgan fingerprint density at radius 2 is 1.50 bits per heavy atom. The third kappa shape index (κ3) is 4.67. The number of hydrogen-bond acceptors (Lipinski definition) is 4. The van der Waals surface area contributed by atoms with Gasteiger partial charge in [-0.25, -0.2) is 4.79 Å². The predicted octanol–water partition coefficient (Wildman–Crippen LogP) is 5.16. The Bertz CT molecular complexity index is 1070. The summed E-state index contributed by atoms with van der Waals surface area (Å²) in [5.41, 5.74) is 2.00. The zero-order valence-corrected chi connectivity index (χ0v) is 16.9. The average molecular weight is 417 g/mol. The van der Waals surface area contributed by atoms with Gasteiger partial charge in [0.05, 0.1) is 23.7 Å². The maximum absolute atomic E-state index is 12.6. The molecule has 2 aromatic carbocycles. The van der Waals surface area contributed by atoms with E-state index in [9.17, 15) is 9.59 Å². The third-order valence-electron chi connectivity index (χ3n) is 4.59. The largest absolute Gasteiger partial charge is 0.461 e. The average Bonchev–Trinajstić information content (AvgIpc) is 3.49. The molecule has 6 heteroatoms. The SMILES string of the molecule is O=C(NCc1ccc(C(=O)c2ccco2)s1)NC(c1ccccc1)c1ccccc1. The summed E-state index contributed by atoms with van der Waals surface area (Å²) in [5.74, 6) is 0.150. The van der Waals surface area contributed by atoms with Crippen molar-refractivity contribution in [2.24, 2.45) is 0 Å². The Labute approximate surface area is 178 Å². The van der Waals surface area contributed by atoms with Gasteiger partial charge in [0.15, 0.2) is 5.76 Å². The molecule has 2 heterocycles. The van der Waals surface area contributed by atoms with E-state index >= 15 is 0 Å². The molecule has 2 amide bonds. The number of rotatable bonds is 7. The molecule has 0 atom stereocenters. The number of urea groups is 1. The second-order valence-corrected chi connectivity index (χ2v) is 7.82. The molecule has 2 N–H and O–H groups in total. The van der Waals surface area contributed by atoms with Crippen LogP contribution in [-0.2, 0) is 6.54 Å². The fraction of sp³-hybridized carbons (Fsp3) is 0.0833. The topological polar surface area (TPSA) is 71.3 Å². The molecule has 0 aliphatic rings. The molecule has 5 nitrogen and oxygen atoms in total. The first kappa shape index (κ1) is 19.7. The highest BCUT2D eigenvalue weighted by Crippen LogP contribution is 2.22. The lowest BCUT2D eigenvalue weighted by molar-refractivity contribution is 0.101. The molecule has 0 fully saturated rings. The summed E-state index contributed by atoms with van der Waals surface area (Å²) in [7, 11) is 0. The van der Waals surface area contributed by atoms with Crippen molar-refractivity contribution in [3.05, 3.63) is 118 Å². The highest BCUT2D eigenvalue weighted by atomic mass is 32.1. The minimum Gasteiger partial charge on any atom is -0.461 e. The predicted molar refractivity (Wildman–Crippen MR) is 117 cm³/mol. The Morgan fingerprint density at radius 3 is 2.10 bits per heavy atom. The van der Waals surface area contributed by atoms with Crippen LogP contribution in [0.1, 0.15) is 37.5 Å². The molecule has 0 saturated heterocycles. The van der Waals surface area contributed by atoms with Crippen LogP contribution in [0.4, 0.5) is 4.79 Å². The van der Waals surface area contributed by atoms with Gasteiger partial charge in [-0.1, -0.05) is 60.7 Å². The molecule has 0 saturated carbocycles. The molecule has 0 aliphatic carbocycles. The minimum atomic E-state index is -0.278. The maximum Gasteiger partial charge on any atom is 0.315 e. The molecule has 2 aromatic heterocycles. The van der Waals surface area contributed by atoms with Crippen molar-refractivity contribution in [3.63, 3.8) is 0 Å². The lowest BCUT2D eigenvalue weighted by Crippen LogP contribution is -2.37. The van der Waals surface area contributed by atoms with Crippen molar-refractivity contribution < 1.29 is 14.0 Å². The third-order valence-corrected chi connectivity index (χ3v) is 5.68. The van der Waals surface area contributed by atoms with Crippen molar-refractivity contribution >= 4 is 23.2 Å². The minimum absolute atomic E-state index is 0.158. The Balaban J connectivity index is 1.40. The molecule has 30 heavy (non-hydrogen) atoms. The summed E-state index contributed by atoms with van der Waals surface area (Å²) in [6.45, 7) is 0.332. The Morgan fingerprint density at radius 1 is 0.833 bits per heavy atom. The van der Waals surface area contributed by atoms with Gasteiger partial charge >= 0.3 is 6.03 Å². The van der Waals surface area contributed by atoms with Crippen LogP contribution in [0.5, 0.6) is 0 Å². The van der Waals surface area contributed by atoms with Crippen LogP contribution in [0.2, 0.25) is 0 Å². The zero-order chi connectivity index (χ0) is 20.8. The molecule has 0 radical (unpaired) electrons. The molecule has 0 aliphatic heterocycles. The Kier molecular flexibility index (Phi) is 6.06. The molecule has 4 rings (SSSR count). The van der Waals surface area contributed by atoms with Crippen molar-refractivity contribution in [2.45, 2.75) is 12.6 Å². The molecular weight excluding hydrogens is 396 g/mol. The lowest BCUT2D eigenvalue weighted by Gasteiger charge is -2.20. The van der Waals surface area contributed by atoms with Crippen molar-refractivity contribution in [3.8, 4) is 0 Å². The van der Waals surface area contributed by atoms with E-state index in [-0.39, 0.29) is 17.9 Å². The second kappa shape index (κ2) is 9.24. The smallest absolute Gasteiger partial charge is 0.315 e. The van der Waals surface area contributed by atoms with E-state index in [0.29, 0.717) is 17.2 Å². The van der Waals surface area contributed by atoms with Crippen molar-refractivity contribution in [2.75, 3.05) is 0 Å². The number of amides is 2. The first-order valence-corrected chi connectivity index (χ1v) is 10.3. The Hall–Kier alpha value is -3.64. The number of carbonyl (C=O) groups is 2. The summed E-state index contributed by atoms with van der Waals surface area (Å²) in [4.78, 5) is 26.4. The van der Waals surface area contributed by atoms with Crippen molar-refractivity contribution in [1.29, 1.82) is 0 Å². The first-order chi connectivity index (χ1) is 14.7.